The predicted octanol–water partition coefficient (Wildman–Crippen LogP) is 4.46. The quantitative estimate of drug-likeness (QED) is 0.248. The third kappa shape index (κ3) is 5.10. The van der Waals surface area contributed by atoms with Crippen molar-refractivity contribution in [3.05, 3.63) is 66.7 Å². The molecule has 4 rings (SSSR count). The molecule has 32 heavy (non-hydrogen) atoms. The van der Waals surface area contributed by atoms with Crippen LogP contribution in [0.5, 0.6) is 5.75 Å². The first-order chi connectivity index (χ1) is 15.8. The van der Waals surface area contributed by atoms with Gasteiger partial charge in [-0.15, -0.1) is 5.11 Å². The van der Waals surface area contributed by atoms with Gasteiger partial charge in [-0.25, -0.2) is 15.5 Å². The molecule has 0 aliphatic rings. The molecule has 3 N–H and O–H groups in total. The SMILES string of the molecule is COCCOc1ccncc1Nc1cnc(N=N)c(NCc2ccc3ncccc3c2)n1. The van der Waals surface area contributed by atoms with Crippen LogP contribution in [-0.2, 0) is 11.3 Å². The van der Waals surface area contributed by atoms with Gasteiger partial charge in [0.25, 0.3) is 0 Å². The third-order valence-corrected chi connectivity index (χ3v) is 4.58. The lowest BCUT2D eigenvalue weighted by atomic mass is 10.1. The van der Waals surface area contributed by atoms with Gasteiger partial charge < -0.3 is 20.1 Å². The number of anilines is 3. The van der Waals surface area contributed by atoms with Crippen molar-refractivity contribution in [2.75, 3.05) is 31.0 Å². The number of nitrogens with one attached hydrogen (secondary N) is 3. The van der Waals surface area contributed by atoms with E-state index in [1.54, 1.807) is 31.8 Å². The number of rotatable bonds is 10. The second-order valence-corrected chi connectivity index (χ2v) is 6.76. The summed E-state index contributed by atoms with van der Waals surface area (Å²) in [6, 6.07) is 11.7. The zero-order valence-electron chi connectivity index (χ0n) is 17.4. The fourth-order valence-corrected chi connectivity index (χ4v) is 3.04. The zero-order chi connectivity index (χ0) is 22.2. The number of aromatic nitrogens is 4. The lowest BCUT2D eigenvalue weighted by Gasteiger charge is -2.13. The maximum Gasteiger partial charge on any atom is 0.216 e. The smallest absolute Gasteiger partial charge is 0.216 e. The van der Waals surface area contributed by atoms with Gasteiger partial charge in [0.05, 0.1) is 24.5 Å². The summed E-state index contributed by atoms with van der Waals surface area (Å²) in [6.07, 6.45) is 6.56. The molecule has 10 nitrogen and oxygen atoms in total. The molecule has 0 unspecified atom stereocenters. The first kappa shape index (κ1) is 21.1. The normalized spacial score (nSPS) is 10.7. The number of benzene rings is 1. The number of nitrogens with zero attached hydrogens (tertiary/aromatic N) is 5. The number of methoxy groups -OCH3 is 1. The van der Waals surface area contributed by atoms with E-state index in [1.807, 2.05) is 24.3 Å². The van der Waals surface area contributed by atoms with Crippen LogP contribution < -0.4 is 15.4 Å². The molecule has 0 spiro atoms. The molecule has 162 valence electrons. The second-order valence-electron chi connectivity index (χ2n) is 6.76. The molecule has 0 aliphatic heterocycles. The Kier molecular flexibility index (Phi) is 6.73. The van der Waals surface area contributed by atoms with Crippen molar-refractivity contribution in [1.82, 2.24) is 19.9 Å². The van der Waals surface area contributed by atoms with Crippen molar-refractivity contribution in [3.63, 3.8) is 0 Å². The Morgan fingerprint density at radius 3 is 2.88 bits per heavy atom. The van der Waals surface area contributed by atoms with Gasteiger partial charge >= 0.3 is 0 Å². The topological polar surface area (TPSA) is 130 Å². The Morgan fingerprint density at radius 2 is 2.00 bits per heavy atom. The van der Waals surface area contributed by atoms with Crippen LogP contribution in [0.3, 0.4) is 0 Å². The first-order valence-electron chi connectivity index (χ1n) is 9.91. The summed E-state index contributed by atoms with van der Waals surface area (Å²) < 4.78 is 10.7. The summed E-state index contributed by atoms with van der Waals surface area (Å²) in [7, 11) is 1.62. The van der Waals surface area contributed by atoms with Crippen molar-refractivity contribution in [2.24, 2.45) is 5.11 Å². The van der Waals surface area contributed by atoms with Crippen molar-refractivity contribution in [3.8, 4) is 5.75 Å². The molecular formula is C22H22N8O2. The van der Waals surface area contributed by atoms with E-state index >= 15 is 0 Å². The van der Waals surface area contributed by atoms with E-state index in [2.05, 4.69) is 41.8 Å². The van der Waals surface area contributed by atoms with Crippen molar-refractivity contribution < 1.29 is 9.47 Å². The van der Waals surface area contributed by atoms with Crippen LogP contribution in [0.25, 0.3) is 10.9 Å². The summed E-state index contributed by atoms with van der Waals surface area (Å²) in [5, 5.41) is 10.9. The Labute approximate surface area is 184 Å². The van der Waals surface area contributed by atoms with Gasteiger partial charge in [0.15, 0.2) is 11.6 Å². The minimum absolute atomic E-state index is 0.195. The largest absolute Gasteiger partial charge is 0.489 e. The van der Waals surface area contributed by atoms with Crippen LogP contribution in [0.4, 0.5) is 23.1 Å². The summed E-state index contributed by atoms with van der Waals surface area (Å²) in [5.74, 6) is 1.67. The fraction of sp³-hybridized carbons (Fsp3) is 0.182. The molecule has 0 radical (unpaired) electrons. The summed E-state index contributed by atoms with van der Waals surface area (Å²) in [4.78, 5) is 17.2. The van der Waals surface area contributed by atoms with Crippen molar-refractivity contribution in [2.45, 2.75) is 6.54 Å². The van der Waals surface area contributed by atoms with E-state index in [1.165, 1.54) is 6.20 Å². The van der Waals surface area contributed by atoms with E-state index < -0.39 is 0 Å². The Hall–Kier alpha value is -4.18. The monoisotopic (exact) mass is 430 g/mol. The van der Waals surface area contributed by atoms with Crippen LogP contribution in [0.2, 0.25) is 0 Å². The van der Waals surface area contributed by atoms with Crippen LogP contribution >= 0.6 is 0 Å². The van der Waals surface area contributed by atoms with Gasteiger partial charge in [0.2, 0.25) is 5.82 Å². The molecule has 3 heterocycles. The number of fused-ring (bicyclic) bond motifs is 1. The Bertz CT molecular complexity index is 1220. The van der Waals surface area contributed by atoms with Gasteiger partial charge in [-0.1, -0.05) is 12.1 Å². The minimum atomic E-state index is 0.195. The molecule has 0 fully saturated rings. The van der Waals surface area contributed by atoms with Crippen LogP contribution in [0, 0.1) is 5.53 Å². The summed E-state index contributed by atoms with van der Waals surface area (Å²) in [6.45, 7) is 1.37. The zero-order valence-corrected chi connectivity index (χ0v) is 17.4. The van der Waals surface area contributed by atoms with Gasteiger partial charge in [-0.3, -0.25) is 9.97 Å². The van der Waals surface area contributed by atoms with Gasteiger partial charge in [-0.05, 0) is 23.8 Å². The minimum Gasteiger partial charge on any atom is -0.489 e. The van der Waals surface area contributed by atoms with E-state index in [9.17, 15) is 0 Å². The van der Waals surface area contributed by atoms with Crippen LogP contribution in [-0.4, -0.2) is 40.3 Å². The third-order valence-electron chi connectivity index (χ3n) is 4.58. The highest BCUT2D eigenvalue weighted by Crippen LogP contribution is 2.28. The lowest BCUT2D eigenvalue weighted by Crippen LogP contribution is -2.07. The molecule has 0 aliphatic carbocycles. The highest BCUT2D eigenvalue weighted by molar-refractivity contribution is 5.79. The second kappa shape index (κ2) is 10.2. The molecule has 0 saturated heterocycles. The van der Waals surface area contributed by atoms with Crippen LogP contribution in [0.15, 0.2) is 66.3 Å². The number of pyridine rings is 2. The molecule has 0 bridgehead atoms. The van der Waals surface area contributed by atoms with E-state index in [0.29, 0.717) is 42.8 Å². The predicted molar refractivity (Wildman–Crippen MR) is 121 cm³/mol. The van der Waals surface area contributed by atoms with Crippen LogP contribution in [0.1, 0.15) is 5.56 Å². The van der Waals surface area contributed by atoms with E-state index in [0.717, 1.165) is 16.5 Å². The number of ether oxygens (including phenoxy) is 2. The fourth-order valence-electron chi connectivity index (χ4n) is 3.04. The molecular weight excluding hydrogens is 408 g/mol. The first-order valence-corrected chi connectivity index (χ1v) is 9.91. The average molecular weight is 430 g/mol. The molecule has 0 atom stereocenters. The van der Waals surface area contributed by atoms with Crippen molar-refractivity contribution in [1.29, 1.82) is 5.53 Å². The standard InChI is InChI=1S/C22H22N8O2/c1-31-9-10-32-19-6-8-24-13-18(19)28-20-14-27-22(30-23)21(29-20)26-12-15-4-5-17-16(11-15)3-2-7-25-17/h2-8,11,13-14,23H,9-10,12H2,1H3,(H2,26,28,29). The maximum atomic E-state index is 7.41. The van der Waals surface area contributed by atoms with E-state index in [4.69, 9.17) is 15.0 Å². The molecule has 10 heteroatoms. The molecule has 3 aromatic heterocycles. The van der Waals surface area contributed by atoms with Gasteiger partial charge in [0, 0.05) is 37.5 Å². The van der Waals surface area contributed by atoms with Gasteiger partial charge in [-0.2, -0.15) is 0 Å². The van der Waals surface area contributed by atoms with Gasteiger partial charge in [0.1, 0.15) is 18.0 Å². The van der Waals surface area contributed by atoms with E-state index in [-0.39, 0.29) is 5.82 Å². The Morgan fingerprint density at radius 1 is 1.06 bits per heavy atom. The lowest BCUT2D eigenvalue weighted by molar-refractivity contribution is 0.146. The summed E-state index contributed by atoms with van der Waals surface area (Å²) in [5.41, 5.74) is 10.0. The average Bonchev–Trinajstić information content (AvgIpc) is 2.84. The highest BCUT2D eigenvalue weighted by Gasteiger charge is 2.10. The maximum absolute atomic E-state index is 7.41. The highest BCUT2D eigenvalue weighted by atomic mass is 16.5. The summed E-state index contributed by atoms with van der Waals surface area (Å²) >= 11 is 0. The number of hydrogen-bond acceptors (Lipinski definition) is 10. The molecule has 4 aromatic rings. The number of hydrogen-bond donors (Lipinski definition) is 3. The molecule has 0 amide bonds. The Balaban J connectivity index is 1.51. The molecule has 1 aromatic carbocycles. The molecule has 0 saturated carbocycles. The van der Waals surface area contributed by atoms with Crippen molar-refractivity contribution >= 4 is 34.0 Å².